The van der Waals surface area contributed by atoms with Crippen molar-refractivity contribution in [1.82, 2.24) is 10.6 Å². The van der Waals surface area contributed by atoms with Crippen molar-refractivity contribution in [1.29, 1.82) is 0 Å². The van der Waals surface area contributed by atoms with Crippen molar-refractivity contribution in [3.8, 4) is 0 Å². The highest BCUT2D eigenvalue weighted by atomic mass is 19.4. The van der Waals surface area contributed by atoms with Crippen LogP contribution in [0.4, 0.5) is 18.0 Å². The van der Waals surface area contributed by atoms with Gasteiger partial charge in [0.2, 0.25) is 5.54 Å². The van der Waals surface area contributed by atoms with E-state index >= 15 is 0 Å². The topological polar surface area (TPSA) is 87.7 Å². The Morgan fingerprint density at radius 3 is 2.26 bits per heavy atom. The summed E-state index contributed by atoms with van der Waals surface area (Å²) in [7, 11) is 1.45. The second-order valence-corrected chi connectivity index (χ2v) is 4.32. The average molecular weight is 286 g/mol. The highest BCUT2D eigenvalue weighted by molar-refractivity contribution is 5.86. The van der Waals surface area contributed by atoms with Crippen LogP contribution in [0, 0.1) is 5.92 Å². The quantitative estimate of drug-likeness (QED) is 0.679. The van der Waals surface area contributed by atoms with Gasteiger partial charge >= 0.3 is 18.2 Å². The van der Waals surface area contributed by atoms with Gasteiger partial charge in [-0.2, -0.15) is 13.2 Å². The molecule has 0 aliphatic rings. The van der Waals surface area contributed by atoms with Crippen LogP contribution in [0.5, 0.6) is 0 Å². The lowest BCUT2D eigenvalue weighted by Crippen LogP contribution is -2.63. The van der Waals surface area contributed by atoms with Gasteiger partial charge in [0, 0.05) is 13.7 Å². The number of halogens is 3. The van der Waals surface area contributed by atoms with E-state index in [1.807, 2.05) is 0 Å². The Labute approximate surface area is 108 Å². The number of carboxylic acids is 1. The van der Waals surface area contributed by atoms with E-state index in [2.05, 4.69) is 5.32 Å². The van der Waals surface area contributed by atoms with E-state index in [9.17, 15) is 22.8 Å². The minimum Gasteiger partial charge on any atom is -0.479 e. The molecule has 0 aromatic carbocycles. The molecule has 2 unspecified atom stereocenters. The maximum atomic E-state index is 12.6. The number of carboxylic acid groups (broad SMARTS) is 1. The van der Waals surface area contributed by atoms with Gasteiger partial charge in [0.15, 0.2) is 0 Å². The molecule has 3 N–H and O–H groups in total. The second-order valence-electron chi connectivity index (χ2n) is 4.32. The number of nitrogens with one attached hydrogen (secondary N) is 2. The Morgan fingerprint density at radius 2 is 1.89 bits per heavy atom. The number of methoxy groups -OCH3 is 1. The third-order valence-corrected chi connectivity index (χ3v) is 2.42. The Hall–Kier alpha value is -1.51. The summed E-state index contributed by atoms with van der Waals surface area (Å²) in [6.45, 7) is 2.47. The molecule has 112 valence electrons. The average Bonchev–Trinajstić information content (AvgIpc) is 2.24. The molecule has 0 aromatic rings. The van der Waals surface area contributed by atoms with Crippen molar-refractivity contribution in [3.63, 3.8) is 0 Å². The van der Waals surface area contributed by atoms with Gasteiger partial charge in [0.25, 0.3) is 0 Å². The maximum Gasteiger partial charge on any atom is 0.422 e. The van der Waals surface area contributed by atoms with Crippen LogP contribution in [0.1, 0.15) is 13.8 Å². The van der Waals surface area contributed by atoms with E-state index in [0.29, 0.717) is 13.5 Å². The summed E-state index contributed by atoms with van der Waals surface area (Å²) in [6.07, 6.45) is -5.10. The zero-order valence-electron chi connectivity index (χ0n) is 10.8. The fourth-order valence-corrected chi connectivity index (χ4v) is 1.13. The van der Waals surface area contributed by atoms with E-state index in [4.69, 9.17) is 9.84 Å². The molecule has 0 aliphatic heterocycles. The molecule has 0 fully saturated rings. The molecule has 0 radical (unpaired) electrons. The first-order valence-electron chi connectivity index (χ1n) is 5.39. The first-order chi connectivity index (χ1) is 8.54. The van der Waals surface area contributed by atoms with Gasteiger partial charge in [-0.25, -0.2) is 9.59 Å². The molecule has 0 rings (SSSR count). The fraction of sp³-hybridized carbons (Fsp3) is 0.800. The summed E-state index contributed by atoms with van der Waals surface area (Å²) >= 11 is 0. The predicted molar refractivity (Wildman–Crippen MR) is 59.7 cm³/mol. The molecule has 0 bridgehead atoms. The number of carbonyl (C=O) groups excluding carboxylic acids is 1. The number of rotatable bonds is 6. The predicted octanol–water partition coefficient (Wildman–Crippen LogP) is 0.974. The standard InChI is InChI=1S/C10H17F3N2O4/c1-6(5-19-3)4-14-8(18)15-9(2,7(16)17)10(11,12)13/h6H,4-5H2,1-3H3,(H,16,17)(H2,14,15,18). The molecule has 0 saturated heterocycles. The van der Waals surface area contributed by atoms with Gasteiger partial charge in [-0.1, -0.05) is 6.92 Å². The third-order valence-electron chi connectivity index (χ3n) is 2.42. The number of hydrogen-bond acceptors (Lipinski definition) is 3. The molecule has 6 nitrogen and oxygen atoms in total. The number of aliphatic carboxylic acids is 1. The van der Waals surface area contributed by atoms with E-state index in [-0.39, 0.29) is 12.5 Å². The smallest absolute Gasteiger partial charge is 0.422 e. The van der Waals surface area contributed by atoms with Crippen molar-refractivity contribution in [3.05, 3.63) is 0 Å². The minimum atomic E-state index is -5.10. The van der Waals surface area contributed by atoms with E-state index in [1.165, 1.54) is 12.4 Å². The van der Waals surface area contributed by atoms with Gasteiger partial charge in [-0.3, -0.25) is 0 Å². The Morgan fingerprint density at radius 1 is 1.37 bits per heavy atom. The highest BCUT2D eigenvalue weighted by Gasteiger charge is 2.58. The number of carbonyl (C=O) groups is 2. The number of ether oxygens (including phenoxy) is 1. The lowest BCUT2D eigenvalue weighted by atomic mass is 10.0. The van der Waals surface area contributed by atoms with Gasteiger partial charge in [-0.15, -0.1) is 0 Å². The minimum absolute atomic E-state index is 0.0627. The SMILES string of the molecule is COCC(C)CNC(=O)NC(C)(C(=O)O)C(F)(F)F. The van der Waals surface area contributed by atoms with Crippen LogP contribution in [0.15, 0.2) is 0 Å². The normalized spacial score (nSPS) is 16.3. The molecular formula is C10H17F3N2O4. The molecule has 0 aromatic heterocycles. The molecule has 0 aliphatic carbocycles. The number of hydrogen-bond donors (Lipinski definition) is 3. The van der Waals surface area contributed by atoms with Crippen molar-refractivity contribution in [2.75, 3.05) is 20.3 Å². The number of amides is 2. The van der Waals surface area contributed by atoms with Crippen molar-refractivity contribution in [2.45, 2.75) is 25.6 Å². The van der Waals surface area contributed by atoms with Crippen molar-refractivity contribution < 1.29 is 32.6 Å². The summed E-state index contributed by atoms with van der Waals surface area (Å²) in [5.41, 5.74) is -3.33. The first-order valence-corrected chi connectivity index (χ1v) is 5.39. The molecule has 0 spiro atoms. The van der Waals surface area contributed by atoms with Gasteiger partial charge in [0.1, 0.15) is 0 Å². The Balaban J connectivity index is 4.55. The zero-order valence-corrected chi connectivity index (χ0v) is 10.8. The van der Waals surface area contributed by atoms with Crippen molar-refractivity contribution >= 4 is 12.0 Å². The maximum absolute atomic E-state index is 12.6. The Kier molecular flexibility index (Phi) is 6.07. The summed E-state index contributed by atoms with van der Waals surface area (Å²) in [6, 6.07) is -1.20. The van der Waals surface area contributed by atoms with Crippen LogP contribution in [-0.4, -0.2) is 49.1 Å². The monoisotopic (exact) mass is 286 g/mol. The number of alkyl halides is 3. The van der Waals surface area contributed by atoms with Crippen LogP contribution < -0.4 is 10.6 Å². The summed E-state index contributed by atoms with van der Waals surface area (Å²) in [5, 5.41) is 12.2. The summed E-state index contributed by atoms with van der Waals surface area (Å²) in [5.74, 6) is -2.29. The Bertz CT molecular complexity index is 335. The van der Waals surface area contributed by atoms with Gasteiger partial charge in [-0.05, 0) is 12.8 Å². The van der Waals surface area contributed by atoms with Crippen LogP contribution in [0.3, 0.4) is 0 Å². The largest absolute Gasteiger partial charge is 0.479 e. The lowest BCUT2D eigenvalue weighted by Gasteiger charge is -2.28. The summed E-state index contributed by atoms with van der Waals surface area (Å²) < 4.78 is 42.6. The van der Waals surface area contributed by atoms with Crippen molar-refractivity contribution in [2.24, 2.45) is 5.92 Å². The molecule has 0 heterocycles. The highest BCUT2D eigenvalue weighted by Crippen LogP contribution is 2.30. The summed E-state index contributed by atoms with van der Waals surface area (Å²) in [4.78, 5) is 22.0. The molecule has 0 saturated carbocycles. The molecule has 9 heteroatoms. The van der Waals surface area contributed by atoms with Crippen LogP contribution in [0.2, 0.25) is 0 Å². The van der Waals surface area contributed by atoms with Crippen LogP contribution in [-0.2, 0) is 9.53 Å². The van der Waals surface area contributed by atoms with E-state index in [1.54, 1.807) is 6.92 Å². The molecule has 19 heavy (non-hydrogen) atoms. The van der Waals surface area contributed by atoms with Gasteiger partial charge in [0.05, 0.1) is 6.61 Å². The van der Waals surface area contributed by atoms with E-state index in [0.717, 1.165) is 0 Å². The second kappa shape index (κ2) is 6.60. The van der Waals surface area contributed by atoms with Gasteiger partial charge < -0.3 is 20.5 Å². The fourth-order valence-electron chi connectivity index (χ4n) is 1.13. The first kappa shape index (κ1) is 17.5. The van der Waals surface area contributed by atoms with E-state index < -0.39 is 23.7 Å². The molecule has 2 amide bonds. The molecular weight excluding hydrogens is 269 g/mol. The number of urea groups is 1. The van der Waals surface area contributed by atoms with Crippen LogP contribution in [0.25, 0.3) is 0 Å². The lowest BCUT2D eigenvalue weighted by molar-refractivity contribution is -0.203. The van der Waals surface area contributed by atoms with Crippen LogP contribution >= 0.6 is 0 Å². The third kappa shape index (κ3) is 4.93. The zero-order chi connectivity index (χ0) is 15.3. The molecule has 2 atom stereocenters.